The lowest BCUT2D eigenvalue weighted by molar-refractivity contribution is 0.305. The van der Waals surface area contributed by atoms with E-state index in [0.29, 0.717) is 18.9 Å². The Balaban J connectivity index is 1.85. The normalized spacial score (nSPS) is 13.9. The molecule has 2 aromatic rings. The molecule has 0 aromatic heterocycles. The zero-order valence-corrected chi connectivity index (χ0v) is 10.3. The van der Waals surface area contributed by atoms with Crippen molar-refractivity contribution in [3.8, 4) is 5.75 Å². The van der Waals surface area contributed by atoms with Crippen LogP contribution in [-0.2, 0) is 6.54 Å². The fraction of sp³-hybridized carbons (Fsp3) is 0.200. The minimum absolute atomic E-state index is 0.242. The van der Waals surface area contributed by atoms with Crippen LogP contribution >= 0.6 is 0 Å². The van der Waals surface area contributed by atoms with Gasteiger partial charge < -0.3 is 9.64 Å². The van der Waals surface area contributed by atoms with Gasteiger partial charge in [-0.3, -0.25) is 0 Å². The predicted octanol–water partition coefficient (Wildman–Crippen LogP) is 3.36. The molecule has 0 saturated heterocycles. The van der Waals surface area contributed by atoms with Gasteiger partial charge in [0.1, 0.15) is 24.0 Å². The molecular weight excluding hydrogens is 248 g/mol. The third-order valence-electron chi connectivity index (χ3n) is 3.17. The lowest BCUT2D eigenvalue weighted by Crippen LogP contribution is -2.32. The number of ether oxygens (including phenoxy) is 1. The number of rotatable bonds is 2. The number of hydrogen-bond acceptors (Lipinski definition) is 2. The van der Waals surface area contributed by atoms with E-state index in [1.807, 2.05) is 0 Å². The van der Waals surface area contributed by atoms with E-state index in [4.69, 9.17) is 4.74 Å². The molecule has 2 aromatic carbocycles. The van der Waals surface area contributed by atoms with Crippen molar-refractivity contribution in [2.75, 3.05) is 18.1 Å². The van der Waals surface area contributed by atoms with E-state index in [9.17, 15) is 8.78 Å². The molecule has 0 unspecified atom stereocenters. The summed E-state index contributed by atoms with van der Waals surface area (Å²) in [6.45, 7) is 1.91. The minimum atomic E-state index is -0.303. The van der Waals surface area contributed by atoms with Crippen LogP contribution in [0.2, 0.25) is 0 Å². The zero-order valence-electron chi connectivity index (χ0n) is 10.3. The third kappa shape index (κ3) is 2.52. The Morgan fingerprint density at radius 3 is 2.53 bits per heavy atom. The number of hydrogen-bond donors (Lipinski definition) is 0. The number of halogens is 2. The molecule has 3 rings (SSSR count). The highest BCUT2D eigenvalue weighted by atomic mass is 19.1. The van der Waals surface area contributed by atoms with Crippen LogP contribution in [-0.4, -0.2) is 13.2 Å². The smallest absolute Gasteiger partial charge is 0.145 e. The van der Waals surface area contributed by atoms with E-state index in [2.05, 4.69) is 4.90 Å². The SMILES string of the molecule is Fc1ccc(CN2CCOc3cc(F)ccc32)cc1. The summed E-state index contributed by atoms with van der Waals surface area (Å²) in [7, 11) is 0. The summed E-state index contributed by atoms with van der Waals surface area (Å²) in [5.74, 6) is 0.0175. The summed E-state index contributed by atoms with van der Waals surface area (Å²) in [6, 6.07) is 10.9. The fourth-order valence-electron chi connectivity index (χ4n) is 2.23. The third-order valence-corrected chi connectivity index (χ3v) is 3.17. The van der Waals surface area contributed by atoms with Crippen molar-refractivity contribution in [1.82, 2.24) is 0 Å². The number of anilines is 1. The molecule has 0 fully saturated rings. The Kier molecular flexibility index (Phi) is 3.07. The maximum Gasteiger partial charge on any atom is 0.145 e. The maximum absolute atomic E-state index is 13.2. The van der Waals surface area contributed by atoms with Gasteiger partial charge in [0.15, 0.2) is 0 Å². The van der Waals surface area contributed by atoms with E-state index >= 15 is 0 Å². The van der Waals surface area contributed by atoms with Crippen LogP contribution in [0.15, 0.2) is 42.5 Å². The topological polar surface area (TPSA) is 12.5 Å². The average Bonchev–Trinajstić information content (AvgIpc) is 2.41. The molecule has 0 bridgehead atoms. The van der Waals surface area contributed by atoms with Gasteiger partial charge in [-0.25, -0.2) is 8.78 Å². The Labute approximate surface area is 110 Å². The minimum Gasteiger partial charge on any atom is -0.489 e. The van der Waals surface area contributed by atoms with Crippen molar-refractivity contribution in [2.24, 2.45) is 0 Å². The van der Waals surface area contributed by atoms with Crippen LogP contribution < -0.4 is 9.64 Å². The summed E-state index contributed by atoms with van der Waals surface area (Å²) in [4.78, 5) is 2.10. The second kappa shape index (κ2) is 4.88. The molecule has 1 aliphatic heterocycles. The molecule has 0 atom stereocenters. The predicted molar refractivity (Wildman–Crippen MR) is 69.3 cm³/mol. The number of fused-ring (bicyclic) bond motifs is 1. The molecule has 0 aliphatic carbocycles. The molecule has 1 aliphatic rings. The first kappa shape index (κ1) is 12.0. The Hall–Kier alpha value is -2.10. The summed E-state index contributed by atoms with van der Waals surface area (Å²) < 4.78 is 31.5. The van der Waals surface area contributed by atoms with E-state index in [1.165, 1.54) is 24.3 Å². The van der Waals surface area contributed by atoms with Crippen molar-refractivity contribution in [2.45, 2.75) is 6.54 Å². The Bertz CT molecular complexity index is 583. The quantitative estimate of drug-likeness (QED) is 0.822. The molecule has 0 spiro atoms. The Morgan fingerprint density at radius 2 is 1.74 bits per heavy atom. The lowest BCUT2D eigenvalue weighted by Gasteiger charge is -2.31. The zero-order chi connectivity index (χ0) is 13.2. The monoisotopic (exact) mass is 261 g/mol. The van der Waals surface area contributed by atoms with Crippen molar-refractivity contribution in [3.63, 3.8) is 0 Å². The van der Waals surface area contributed by atoms with Gasteiger partial charge in [0.2, 0.25) is 0 Å². The van der Waals surface area contributed by atoms with E-state index in [1.54, 1.807) is 18.2 Å². The van der Waals surface area contributed by atoms with E-state index in [0.717, 1.165) is 17.8 Å². The fourth-order valence-corrected chi connectivity index (χ4v) is 2.23. The van der Waals surface area contributed by atoms with Gasteiger partial charge in [0.25, 0.3) is 0 Å². The molecule has 1 heterocycles. The molecule has 0 radical (unpaired) electrons. The molecule has 4 heteroatoms. The lowest BCUT2D eigenvalue weighted by atomic mass is 10.1. The summed E-state index contributed by atoms with van der Waals surface area (Å²) in [5.41, 5.74) is 1.88. The number of benzene rings is 2. The van der Waals surface area contributed by atoms with Gasteiger partial charge in [-0.2, -0.15) is 0 Å². The van der Waals surface area contributed by atoms with Crippen LogP contribution in [0.4, 0.5) is 14.5 Å². The molecule has 98 valence electrons. The van der Waals surface area contributed by atoms with Gasteiger partial charge in [-0.05, 0) is 29.8 Å². The molecule has 0 saturated carbocycles. The van der Waals surface area contributed by atoms with Crippen molar-refractivity contribution < 1.29 is 13.5 Å². The number of nitrogens with zero attached hydrogens (tertiary/aromatic N) is 1. The van der Waals surface area contributed by atoms with Gasteiger partial charge in [0, 0.05) is 12.6 Å². The van der Waals surface area contributed by atoms with E-state index < -0.39 is 0 Å². The molecule has 0 amide bonds. The van der Waals surface area contributed by atoms with Crippen LogP contribution in [0.25, 0.3) is 0 Å². The largest absolute Gasteiger partial charge is 0.489 e. The Morgan fingerprint density at radius 1 is 1.00 bits per heavy atom. The second-order valence-electron chi connectivity index (χ2n) is 4.51. The first-order chi connectivity index (χ1) is 9.22. The van der Waals surface area contributed by atoms with Gasteiger partial charge in [-0.1, -0.05) is 12.1 Å². The standard InChI is InChI=1S/C15H13F2NO/c16-12-3-1-11(2-4-12)10-18-7-8-19-15-9-13(17)5-6-14(15)18/h1-6,9H,7-8,10H2. The van der Waals surface area contributed by atoms with Crippen LogP contribution in [0.3, 0.4) is 0 Å². The van der Waals surface area contributed by atoms with Crippen LogP contribution in [0.1, 0.15) is 5.56 Å². The second-order valence-corrected chi connectivity index (χ2v) is 4.51. The summed E-state index contributed by atoms with van der Waals surface area (Å²) >= 11 is 0. The molecule has 19 heavy (non-hydrogen) atoms. The first-order valence-electron chi connectivity index (χ1n) is 6.14. The maximum atomic E-state index is 13.2. The highest BCUT2D eigenvalue weighted by Gasteiger charge is 2.18. The average molecular weight is 261 g/mol. The van der Waals surface area contributed by atoms with Crippen molar-refractivity contribution >= 4 is 5.69 Å². The molecule has 2 nitrogen and oxygen atoms in total. The van der Waals surface area contributed by atoms with Crippen molar-refractivity contribution in [3.05, 3.63) is 59.7 Å². The first-order valence-corrected chi connectivity index (χ1v) is 6.14. The van der Waals surface area contributed by atoms with Gasteiger partial charge in [0.05, 0.1) is 12.2 Å². The van der Waals surface area contributed by atoms with Gasteiger partial charge in [-0.15, -0.1) is 0 Å². The molecular formula is C15H13F2NO. The summed E-state index contributed by atoms with van der Waals surface area (Å²) in [6.07, 6.45) is 0. The highest BCUT2D eigenvalue weighted by molar-refractivity contribution is 5.60. The highest BCUT2D eigenvalue weighted by Crippen LogP contribution is 2.32. The van der Waals surface area contributed by atoms with E-state index in [-0.39, 0.29) is 11.6 Å². The van der Waals surface area contributed by atoms with Gasteiger partial charge >= 0.3 is 0 Å². The van der Waals surface area contributed by atoms with Crippen LogP contribution in [0, 0.1) is 11.6 Å². The van der Waals surface area contributed by atoms with Crippen molar-refractivity contribution in [1.29, 1.82) is 0 Å². The summed E-state index contributed by atoms with van der Waals surface area (Å²) in [5, 5.41) is 0. The van der Waals surface area contributed by atoms with Crippen LogP contribution in [0.5, 0.6) is 5.75 Å². The molecule has 0 N–H and O–H groups in total.